The Hall–Kier alpha value is 0.253. The number of hydrogen-bond acceptors (Lipinski definition) is 0. The van der Waals surface area contributed by atoms with Gasteiger partial charge in [-0.05, 0) is 0 Å². The molecule has 0 radical (unpaired) electrons. The molecule has 0 aromatic rings. The van der Waals surface area contributed by atoms with Gasteiger partial charge in [0.25, 0.3) is 0 Å². The summed E-state index contributed by atoms with van der Waals surface area (Å²) < 4.78 is 0.393. The molecule has 0 nitrogen and oxygen atoms in total. The van der Waals surface area contributed by atoms with Crippen molar-refractivity contribution >= 4 is 31.1 Å². The van der Waals surface area contributed by atoms with E-state index in [1.807, 2.05) is 0 Å². The van der Waals surface area contributed by atoms with Gasteiger partial charge < -0.3 is 0 Å². The Bertz CT molecular complexity index is 412. The number of allylic oxidation sites excluding steroid dienone is 2. The molecule has 0 aromatic carbocycles. The average Bonchev–Trinajstić information content (AvgIpc) is 2.17. The summed E-state index contributed by atoms with van der Waals surface area (Å²) in [6.07, 6.45) is 1.26. The van der Waals surface area contributed by atoms with E-state index in [9.17, 15) is 0 Å². The molecule has 0 N–H and O–H groups in total. The third-order valence-electron chi connectivity index (χ3n) is 3.63. The quantitative estimate of drug-likeness (QED) is 0.366. The van der Waals surface area contributed by atoms with Gasteiger partial charge in [0.05, 0.1) is 0 Å². The first-order chi connectivity index (χ1) is 7.97. The molecule has 1 aliphatic rings. The van der Waals surface area contributed by atoms with E-state index in [0.29, 0.717) is 18.9 Å². The molecule has 0 saturated heterocycles. The van der Waals surface area contributed by atoms with Crippen molar-refractivity contribution in [1.29, 1.82) is 0 Å². The van der Waals surface area contributed by atoms with Crippen molar-refractivity contribution in [1.82, 2.24) is 0 Å². The van der Waals surface area contributed by atoms with Crippen LogP contribution in [0.4, 0.5) is 0 Å². The van der Waals surface area contributed by atoms with E-state index in [1.54, 1.807) is 11.1 Å². The Morgan fingerprint density at radius 3 is 1.94 bits per heavy atom. The Morgan fingerprint density at radius 2 is 1.56 bits per heavy atom. The summed E-state index contributed by atoms with van der Waals surface area (Å²) in [5.74, 6) is 3.83. The van der Waals surface area contributed by atoms with Gasteiger partial charge in [-0.1, -0.05) is 0 Å². The Morgan fingerprint density at radius 1 is 1.00 bits per heavy atom. The number of hydrogen-bond donors (Lipinski definition) is 0. The molecule has 1 unspecified atom stereocenters. The van der Waals surface area contributed by atoms with Crippen molar-refractivity contribution in [2.75, 3.05) is 0 Å². The van der Waals surface area contributed by atoms with Crippen LogP contribution in [0.15, 0.2) is 11.1 Å². The maximum atomic E-state index is 3.83. The summed E-state index contributed by atoms with van der Waals surface area (Å²) in [6.45, 7) is 19.3. The van der Waals surface area contributed by atoms with Crippen molar-refractivity contribution in [3.05, 3.63) is 11.1 Å². The molecule has 1 aliphatic heterocycles. The fourth-order valence-electron chi connectivity index (χ4n) is 1.97. The predicted octanol–water partition coefficient (Wildman–Crippen LogP) is 4.77. The van der Waals surface area contributed by atoms with Crippen LogP contribution in [0, 0.1) is 11.5 Å². The molecule has 0 amide bonds. The van der Waals surface area contributed by atoms with Crippen molar-refractivity contribution in [2.24, 2.45) is 0 Å². The molecule has 1 atom stereocenters. The average molecular weight is 344 g/mol. The second-order valence-corrected chi connectivity index (χ2v) is 21.2. The molecule has 0 saturated carbocycles. The molecule has 0 aromatic heterocycles. The van der Waals surface area contributed by atoms with Crippen LogP contribution in [0.5, 0.6) is 0 Å². The monoisotopic (exact) mass is 344 g/mol. The van der Waals surface area contributed by atoms with Crippen molar-refractivity contribution in [3.63, 3.8) is 0 Å². The SMILES string of the molecule is CC1=C(C)CC(C#C[Si](C)(C)C)([Si](C)(C)C)[Se]C1. The van der Waals surface area contributed by atoms with Gasteiger partial charge in [-0.2, -0.15) is 0 Å². The molecule has 0 aliphatic carbocycles. The molecule has 0 fully saturated rings. The summed E-state index contributed by atoms with van der Waals surface area (Å²) in [6, 6.07) is 0. The van der Waals surface area contributed by atoms with Gasteiger partial charge in [0.1, 0.15) is 0 Å². The molecular formula is C15H28SeSi2. The van der Waals surface area contributed by atoms with E-state index < -0.39 is 16.1 Å². The van der Waals surface area contributed by atoms with Crippen LogP contribution in [0.25, 0.3) is 0 Å². The molecule has 102 valence electrons. The van der Waals surface area contributed by atoms with Gasteiger partial charge in [-0.3, -0.25) is 0 Å². The zero-order chi connectivity index (χ0) is 14.2. The van der Waals surface area contributed by atoms with Crippen molar-refractivity contribution < 1.29 is 0 Å². The van der Waals surface area contributed by atoms with E-state index >= 15 is 0 Å². The standard InChI is InChI=1S/C15H28SeSi2/c1-13-11-15(18(6,7)8,16-12-14(13)2)9-10-17(3,4)5/h11-12H2,1-8H3. The van der Waals surface area contributed by atoms with E-state index in [0.717, 1.165) is 0 Å². The molecule has 0 spiro atoms. The van der Waals surface area contributed by atoms with Crippen LogP contribution in [0.1, 0.15) is 20.3 Å². The molecular weight excluding hydrogens is 315 g/mol. The van der Waals surface area contributed by atoms with E-state index in [1.165, 1.54) is 11.7 Å². The first-order valence-electron chi connectivity index (χ1n) is 6.80. The van der Waals surface area contributed by atoms with E-state index in [4.69, 9.17) is 0 Å². The Balaban J connectivity index is 3.19. The third kappa shape index (κ3) is 3.87. The van der Waals surface area contributed by atoms with Gasteiger partial charge in [-0.25, -0.2) is 0 Å². The summed E-state index contributed by atoms with van der Waals surface area (Å²) in [5, 5.41) is 1.32. The Labute approximate surface area is 122 Å². The zero-order valence-electron chi connectivity index (χ0n) is 13.3. The topological polar surface area (TPSA) is 0 Å². The second kappa shape index (κ2) is 5.33. The Kier molecular flexibility index (Phi) is 4.83. The third-order valence-corrected chi connectivity index (χ3v) is 14.6. The summed E-state index contributed by atoms with van der Waals surface area (Å²) >= 11 is 0.674. The van der Waals surface area contributed by atoms with Crippen molar-refractivity contribution in [3.8, 4) is 11.5 Å². The minimum atomic E-state index is -1.25. The molecule has 18 heavy (non-hydrogen) atoms. The normalized spacial score (nSPS) is 25.8. The number of rotatable bonds is 1. The van der Waals surface area contributed by atoms with Crippen LogP contribution in [-0.4, -0.2) is 31.1 Å². The molecule has 1 heterocycles. The fourth-order valence-corrected chi connectivity index (χ4v) is 10.1. The van der Waals surface area contributed by atoms with E-state index in [2.05, 4.69) is 64.6 Å². The predicted molar refractivity (Wildman–Crippen MR) is 90.7 cm³/mol. The first-order valence-corrected chi connectivity index (χ1v) is 15.9. The van der Waals surface area contributed by atoms with Gasteiger partial charge in [0.15, 0.2) is 0 Å². The summed E-state index contributed by atoms with van der Waals surface area (Å²) in [4.78, 5) is 0. The van der Waals surface area contributed by atoms with Crippen LogP contribution in [0.3, 0.4) is 0 Å². The molecule has 3 heteroatoms. The van der Waals surface area contributed by atoms with Crippen molar-refractivity contribution in [2.45, 2.75) is 68.8 Å². The molecule has 0 bridgehead atoms. The van der Waals surface area contributed by atoms with Gasteiger partial charge in [0.2, 0.25) is 0 Å². The summed E-state index contributed by atoms with van der Waals surface area (Å²) in [5.41, 5.74) is 6.95. The minimum absolute atomic E-state index is 0.393. The molecule has 1 rings (SSSR count). The maximum absolute atomic E-state index is 3.83. The fraction of sp³-hybridized carbons (Fsp3) is 0.733. The second-order valence-electron chi connectivity index (χ2n) is 7.60. The van der Waals surface area contributed by atoms with Crippen LogP contribution in [-0.2, 0) is 0 Å². The van der Waals surface area contributed by atoms with Gasteiger partial charge in [0, 0.05) is 0 Å². The van der Waals surface area contributed by atoms with Crippen LogP contribution >= 0.6 is 0 Å². The van der Waals surface area contributed by atoms with Gasteiger partial charge in [-0.15, -0.1) is 0 Å². The first kappa shape index (κ1) is 16.3. The summed E-state index contributed by atoms with van der Waals surface area (Å²) in [7, 11) is -2.49. The zero-order valence-corrected chi connectivity index (χ0v) is 17.0. The van der Waals surface area contributed by atoms with Crippen LogP contribution < -0.4 is 0 Å². The van der Waals surface area contributed by atoms with E-state index in [-0.39, 0.29) is 0 Å². The van der Waals surface area contributed by atoms with Gasteiger partial charge >= 0.3 is 123 Å². The van der Waals surface area contributed by atoms with Crippen LogP contribution in [0.2, 0.25) is 48.5 Å².